The number of nitrogens with two attached hydrogens (primary N) is 1. The standard InChI is InChI=1S/C11H16N2O2/c1-7-4-5-8(6-9(7)14)13-10(15)11(2,3)12/h4-6,14H,12H2,1-3H3,(H,13,15). The van der Waals surface area contributed by atoms with Gasteiger partial charge in [-0.1, -0.05) is 6.07 Å². The molecule has 1 rings (SSSR count). The zero-order valence-corrected chi connectivity index (χ0v) is 9.16. The third-order valence-electron chi connectivity index (χ3n) is 2.05. The molecule has 4 nitrogen and oxygen atoms in total. The number of aromatic hydroxyl groups is 1. The van der Waals surface area contributed by atoms with Gasteiger partial charge in [0.05, 0.1) is 5.54 Å². The molecule has 0 bridgehead atoms. The zero-order valence-electron chi connectivity index (χ0n) is 9.16. The van der Waals surface area contributed by atoms with Crippen molar-refractivity contribution in [2.24, 2.45) is 5.73 Å². The molecule has 1 aromatic carbocycles. The van der Waals surface area contributed by atoms with Gasteiger partial charge in [0, 0.05) is 11.8 Å². The Morgan fingerprint density at radius 3 is 2.53 bits per heavy atom. The van der Waals surface area contributed by atoms with Gasteiger partial charge in [0.25, 0.3) is 0 Å². The van der Waals surface area contributed by atoms with Crippen molar-refractivity contribution in [3.8, 4) is 5.75 Å². The molecule has 0 unspecified atom stereocenters. The average molecular weight is 208 g/mol. The van der Waals surface area contributed by atoms with Gasteiger partial charge in [0.15, 0.2) is 0 Å². The number of hydrogen-bond acceptors (Lipinski definition) is 3. The van der Waals surface area contributed by atoms with Crippen molar-refractivity contribution in [1.82, 2.24) is 0 Å². The summed E-state index contributed by atoms with van der Waals surface area (Å²) in [7, 11) is 0. The SMILES string of the molecule is Cc1ccc(NC(=O)C(C)(C)N)cc1O. The van der Waals surface area contributed by atoms with Crippen LogP contribution in [0.4, 0.5) is 5.69 Å². The molecule has 0 saturated carbocycles. The second-order valence-corrected chi connectivity index (χ2v) is 4.18. The van der Waals surface area contributed by atoms with Crippen LogP contribution in [0.5, 0.6) is 5.75 Å². The summed E-state index contributed by atoms with van der Waals surface area (Å²) in [6.45, 7) is 5.03. The van der Waals surface area contributed by atoms with Gasteiger partial charge in [-0.05, 0) is 32.4 Å². The van der Waals surface area contributed by atoms with Crippen LogP contribution in [0.2, 0.25) is 0 Å². The predicted octanol–water partition coefficient (Wildman–Crippen LogP) is 1.38. The van der Waals surface area contributed by atoms with E-state index < -0.39 is 5.54 Å². The Bertz CT molecular complexity index is 381. The minimum Gasteiger partial charge on any atom is -0.508 e. The molecule has 0 aliphatic carbocycles. The third kappa shape index (κ3) is 2.95. The summed E-state index contributed by atoms with van der Waals surface area (Å²) < 4.78 is 0. The molecule has 82 valence electrons. The van der Waals surface area contributed by atoms with E-state index in [-0.39, 0.29) is 11.7 Å². The number of aryl methyl sites for hydroxylation is 1. The van der Waals surface area contributed by atoms with Crippen LogP contribution in [-0.2, 0) is 4.79 Å². The molecule has 0 saturated heterocycles. The first-order valence-corrected chi connectivity index (χ1v) is 4.70. The Morgan fingerprint density at radius 2 is 2.07 bits per heavy atom. The van der Waals surface area contributed by atoms with Gasteiger partial charge in [-0.3, -0.25) is 4.79 Å². The van der Waals surface area contributed by atoms with E-state index in [0.717, 1.165) is 5.56 Å². The maximum absolute atomic E-state index is 11.5. The number of carbonyl (C=O) groups is 1. The number of phenolic OH excluding ortho intramolecular Hbond substituents is 1. The first kappa shape index (κ1) is 11.5. The molecule has 0 atom stereocenters. The molecule has 0 aliphatic rings. The first-order valence-electron chi connectivity index (χ1n) is 4.70. The lowest BCUT2D eigenvalue weighted by Crippen LogP contribution is -2.45. The van der Waals surface area contributed by atoms with Gasteiger partial charge in [-0.2, -0.15) is 0 Å². The van der Waals surface area contributed by atoms with Gasteiger partial charge in [0.2, 0.25) is 5.91 Å². The van der Waals surface area contributed by atoms with Crippen molar-refractivity contribution in [2.45, 2.75) is 26.3 Å². The summed E-state index contributed by atoms with van der Waals surface area (Å²) in [4.78, 5) is 11.5. The van der Waals surface area contributed by atoms with Gasteiger partial charge in [-0.25, -0.2) is 0 Å². The Hall–Kier alpha value is -1.55. The van der Waals surface area contributed by atoms with Gasteiger partial charge < -0.3 is 16.2 Å². The monoisotopic (exact) mass is 208 g/mol. The fraction of sp³-hybridized carbons (Fsp3) is 0.364. The van der Waals surface area contributed by atoms with Crippen molar-refractivity contribution in [2.75, 3.05) is 5.32 Å². The highest BCUT2D eigenvalue weighted by Gasteiger charge is 2.21. The maximum Gasteiger partial charge on any atom is 0.243 e. The number of hydrogen-bond donors (Lipinski definition) is 3. The van der Waals surface area contributed by atoms with Gasteiger partial charge in [-0.15, -0.1) is 0 Å². The second kappa shape index (κ2) is 3.90. The van der Waals surface area contributed by atoms with Crippen LogP contribution in [0.15, 0.2) is 18.2 Å². The minimum absolute atomic E-state index is 0.155. The quantitative estimate of drug-likeness (QED) is 0.687. The molecule has 15 heavy (non-hydrogen) atoms. The van der Waals surface area contributed by atoms with E-state index >= 15 is 0 Å². The fourth-order valence-corrected chi connectivity index (χ4v) is 0.979. The first-order chi connectivity index (χ1) is 6.80. The highest BCUT2D eigenvalue weighted by Crippen LogP contribution is 2.21. The van der Waals surface area contributed by atoms with Crippen molar-refractivity contribution in [3.63, 3.8) is 0 Å². The van der Waals surface area contributed by atoms with Gasteiger partial charge in [0.1, 0.15) is 5.75 Å². The molecule has 0 radical (unpaired) electrons. The van der Waals surface area contributed by atoms with E-state index in [1.807, 2.05) is 0 Å². The van der Waals surface area contributed by atoms with E-state index in [0.29, 0.717) is 5.69 Å². The highest BCUT2D eigenvalue weighted by atomic mass is 16.3. The lowest BCUT2D eigenvalue weighted by Gasteiger charge is -2.17. The maximum atomic E-state index is 11.5. The van der Waals surface area contributed by atoms with Crippen LogP contribution in [0.3, 0.4) is 0 Å². The minimum atomic E-state index is -0.930. The topological polar surface area (TPSA) is 75.4 Å². The van der Waals surface area contributed by atoms with Crippen molar-refractivity contribution < 1.29 is 9.90 Å². The fourth-order valence-electron chi connectivity index (χ4n) is 0.979. The van der Waals surface area contributed by atoms with Crippen LogP contribution < -0.4 is 11.1 Å². The molecule has 0 aromatic heterocycles. The third-order valence-corrected chi connectivity index (χ3v) is 2.05. The Balaban J connectivity index is 2.83. The molecule has 1 aromatic rings. The highest BCUT2D eigenvalue weighted by molar-refractivity contribution is 5.97. The Labute approximate surface area is 89.1 Å². The molecule has 0 fully saturated rings. The molecule has 0 aliphatic heterocycles. The summed E-state index contributed by atoms with van der Waals surface area (Å²) in [5.74, 6) is -0.131. The van der Waals surface area contributed by atoms with Crippen LogP contribution in [0, 0.1) is 6.92 Å². The number of benzene rings is 1. The summed E-state index contributed by atoms with van der Waals surface area (Å²) in [5.41, 5.74) is 6.00. The predicted molar refractivity (Wildman–Crippen MR) is 59.7 cm³/mol. The van der Waals surface area contributed by atoms with Crippen molar-refractivity contribution >= 4 is 11.6 Å². The molecular formula is C11H16N2O2. The largest absolute Gasteiger partial charge is 0.508 e. The summed E-state index contributed by atoms with van der Waals surface area (Å²) in [6, 6.07) is 4.95. The number of carbonyl (C=O) groups excluding carboxylic acids is 1. The number of phenols is 1. The second-order valence-electron chi connectivity index (χ2n) is 4.18. The number of anilines is 1. The molecule has 1 amide bonds. The molecule has 0 spiro atoms. The number of amides is 1. The van der Waals surface area contributed by atoms with E-state index in [2.05, 4.69) is 5.32 Å². The molecule has 4 N–H and O–H groups in total. The van der Waals surface area contributed by atoms with Crippen molar-refractivity contribution in [3.05, 3.63) is 23.8 Å². The Kier molecular flexibility index (Phi) is 3.00. The van der Waals surface area contributed by atoms with E-state index in [1.54, 1.807) is 32.9 Å². The number of rotatable bonds is 2. The van der Waals surface area contributed by atoms with E-state index in [4.69, 9.17) is 5.73 Å². The smallest absolute Gasteiger partial charge is 0.243 e. The van der Waals surface area contributed by atoms with Crippen LogP contribution in [0.25, 0.3) is 0 Å². The summed E-state index contributed by atoms with van der Waals surface area (Å²) >= 11 is 0. The summed E-state index contributed by atoms with van der Waals surface area (Å²) in [5, 5.41) is 12.1. The zero-order chi connectivity index (χ0) is 11.6. The molecule has 0 heterocycles. The van der Waals surface area contributed by atoms with E-state index in [9.17, 15) is 9.90 Å². The van der Waals surface area contributed by atoms with E-state index in [1.165, 1.54) is 6.07 Å². The average Bonchev–Trinajstić information content (AvgIpc) is 2.10. The summed E-state index contributed by atoms with van der Waals surface area (Å²) in [6.07, 6.45) is 0. The Morgan fingerprint density at radius 1 is 1.47 bits per heavy atom. The van der Waals surface area contributed by atoms with Gasteiger partial charge >= 0.3 is 0 Å². The van der Waals surface area contributed by atoms with Crippen LogP contribution >= 0.6 is 0 Å². The number of nitrogens with one attached hydrogen (secondary N) is 1. The molecular weight excluding hydrogens is 192 g/mol. The lowest BCUT2D eigenvalue weighted by atomic mass is 10.1. The molecule has 4 heteroatoms. The van der Waals surface area contributed by atoms with Crippen LogP contribution in [0.1, 0.15) is 19.4 Å². The van der Waals surface area contributed by atoms with Crippen LogP contribution in [-0.4, -0.2) is 16.6 Å². The van der Waals surface area contributed by atoms with Crippen molar-refractivity contribution in [1.29, 1.82) is 0 Å². The lowest BCUT2D eigenvalue weighted by molar-refractivity contribution is -0.120. The normalized spacial score (nSPS) is 11.2.